The van der Waals surface area contributed by atoms with Crippen LogP contribution < -0.4 is 10.2 Å². The number of hydrogen-bond donors (Lipinski definition) is 1. The molecule has 1 saturated carbocycles. The van der Waals surface area contributed by atoms with Crippen molar-refractivity contribution in [3.63, 3.8) is 0 Å². The minimum Gasteiger partial charge on any atom is -0.372 e. The Balaban J connectivity index is 1.77. The van der Waals surface area contributed by atoms with Crippen LogP contribution in [0.2, 0.25) is 0 Å². The van der Waals surface area contributed by atoms with Gasteiger partial charge in [-0.25, -0.2) is 8.78 Å². The number of anilines is 1. The average molecular weight is 296 g/mol. The second-order valence-corrected chi connectivity index (χ2v) is 6.23. The van der Waals surface area contributed by atoms with Crippen molar-refractivity contribution in [1.82, 2.24) is 5.32 Å². The molecule has 1 N–H and O–H groups in total. The first-order valence-electron chi connectivity index (χ1n) is 7.64. The Labute approximate surface area is 124 Å². The van der Waals surface area contributed by atoms with E-state index in [-0.39, 0.29) is 17.9 Å². The maximum atomic E-state index is 14.3. The second kappa shape index (κ2) is 5.89. The number of nitrogens with one attached hydrogen (secondary N) is 1. The molecule has 0 spiro atoms. The van der Waals surface area contributed by atoms with Gasteiger partial charge in [-0.05, 0) is 44.4 Å². The topological polar surface area (TPSA) is 24.5 Å². The van der Waals surface area contributed by atoms with Gasteiger partial charge in [-0.1, -0.05) is 0 Å². The molecule has 2 aliphatic rings. The molecule has 2 fully saturated rings. The zero-order valence-corrected chi connectivity index (χ0v) is 12.5. The van der Waals surface area contributed by atoms with Crippen LogP contribution in [-0.2, 0) is 11.3 Å². The predicted octanol–water partition coefficient (Wildman–Crippen LogP) is 2.83. The van der Waals surface area contributed by atoms with E-state index in [4.69, 9.17) is 4.74 Å². The van der Waals surface area contributed by atoms with E-state index in [1.165, 1.54) is 12.1 Å². The Kier molecular flexibility index (Phi) is 4.13. The quantitative estimate of drug-likeness (QED) is 0.924. The van der Waals surface area contributed by atoms with Gasteiger partial charge in [0.1, 0.15) is 17.3 Å². The van der Waals surface area contributed by atoms with Crippen LogP contribution in [0.5, 0.6) is 0 Å². The van der Waals surface area contributed by atoms with Gasteiger partial charge in [0.05, 0.1) is 12.2 Å². The molecule has 0 bridgehead atoms. The van der Waals surface area contributed by atoms with Gasteiger partial charge in [0.15, 0.2) is 0 Å². The number of halogens is 2. The number of hydrogen-bond acceptors (Lipinski definition) is 3. The first kappa shape index (κ1) is 14.7. The molecule has 1 heterocycles. The van der Waals surface area contributed by atoms with Gasteiger partial charge in [0.2, 0.25) is 0 Å². The molecule has 5 heteroatoms. The van der Waals surface area contributed by atoms with Crippen LogP contribution in [0, 0.1) is 11.6 Å². The van der Waals surface area contributed by atoms with E-state index in [1.807, 2.05) is 13.8 Å². The summed E-state index contributed by atoms with van der Waals surface area (Å²) >= 11 is 0. The van der Waals surface area contributed by atoms with Crippen molar-refractivity contribution in [1.29, 1.82) is 0 Å². The second-order valence-electron chi connectivity index (χ2n) is 6.23. The van der Waals surface area contributed by atoms with Gasteiger partial charge >= 0.3 is 0 Å². The lowest BCUT2D eigenvalue weighted by Gasteiger charge is -2.37. The monoisotopic (exact) mass is 296 g/mol. The molecule has 1 saturated heterocycles. The summed E-state index contributed by atoms with van der Waals surface area (Å²) in [6.07, 6.45) is 2.27. The molecule has 21 heavy (non-hydrogen) atoms. The van der Waals surface area contributed by atoms with Crippen molar-refractivity contribution in [2.24, 2.45) is 0 Å². The van der Waals surface area contributed by atoms with E-state index in [0.717, 1.165) is 12.8 Å². The van der Waals surface area contributed by atoms with Gasteiger partial charge in [-0.3, -0.25) is 0 Å². The summed E-state index contributed by atoms with van der Waals surface area (Å²) in [5, 5.41) is 3.27. The number of benzene rings is 1. The largest absolute Gasteiger partial charge is 0.372 e. The van der Waals surface area contributed by atoms with E-state index in [9.17, 15) is 8.78 Å². The van der Waals surface area contributed by atoms with Crippen molar-refractivity contribution >= 4 is 5.69 Å². The Morgan fingerprint density at radius 2 is 1.71 bits per heavy atom. The first-order valence-corrected chi connectivity index (χ1v) is 7.64. The maximum absolute atomic E-state index is 14.3. The molecule has 0 aromatic heterocycles. The normalized spacial score (nSPS) is 26.2. The lowest BCUT2D eigenvalue weighted by molar-refractivity contribution is -0.00558. The maximum Gasteiger partial charge on any atom is 0.149 e. The summed E-state index contributed by atoms with van der Waals surface area (Å²) in [5.74, 6) is -0.965. The molecule has 1 aliphatic carbocycles. The lowest BCUT2D eigenvalue weighted by atomic mass is 10.1. The van der Waals surface area contributed by atoms with E-state index in [2.05, 4.69) is 5.32 Å². The molecule has 0 unspecified atom stereocenters. The Hall–Kier alpha value is -1.20. The zero-order valence-electron chi connectivity index (χ0n) is 12.5. The minimum absolute atomic E-state index is 0.0243. The molecule has 1 aromatic rings. The van der Waals surface area contributed by atoms with Gasteiger partial charge in [0, 0.05) is 25.7 Å². The van der Waals surface area contributed by atoms with Crippen LogP contribution in [0.25, 0.3) is 0 Å². The molecule has 3 rings (SSSR count). The number of rotatable bonds is 4. The molecular formula is C16H22F2N2O. The Morgan fingerprint density at radius 3 is 2.24 bits per heavy atom. The summed E-state index contributed by atoms with van der Waals surface area (Å²) in [6.45, 7) is 5.39. The van der Waals surface area contributed by atoms with Crippen LogP contribution >= 0.6 is 0 Å². The smallest absolute Gasteiger partial charge is 0.149 e. The fourth-order valence-corrected chi connectivity index (χ4v) is 2.93. The van der Waals surface area contributed by atoms with E-state index in [1.54, 1.807) is 4.90 Å². The van der Waals surface area contributed by atoms with Crippen LogP contribution in [-0.4, -0.2) is 31.3 Å². The summed E-state index contributed by atoms with van der Waals surface area (Å²) < 4.78 is 34.3. The summed E-state index contributed by atoms with van der Waals surface area (Å²) in [7, 11) is 0. The molecule has 1 aliphatic heterocycles. The highest BCUT2D eigenvalue weighted by Crippen LogP contribution is 2.28. The van der Waals surface area contributed by atoms with Crippen molar-refractivity contribution in [3.8, 4) is 0 Å². The molecule has 116 valence electrons. The number of ether oxygens (including phenoxy) is 1. The summed E-state index contributed by atoms with van der Waals surface area (Å²) in [6, 6.07) is 3.41. The molecule has 0 amide bonds. The third-order valence-electron chi connectivity index (χ3n) is 3.98. The van der Waals surface area contributed by atoms with Crippen LogP contribution in [0.4, 0.5) is 14.5 Å². The van der Waals surface area contributed by atoms with Gasteiger partial charge < -0.3 is 15.0 Å². The van der Waals surface area contributed by atoms with Crippen LogP contribution in [0.1, 0.15) is 32.3 Å². The molecule has 2 atom stereocenters. The lowest BCUT2D eigenvalue weighted by Crippen LogP contribution is -2.46. The van der Waals surface area contributed by atoms with E-state index in [0.29, 0.717) is 31.2 Å². The van der Waals surface area contributed by atoms with Crippen molar-refractivity contribution in [2.45, 2.75) is 51.5 Å². The average Bonchev–Trinajstić information content (AvgIpc) is 3.18. The third-order valence-corrected chi connectivity index (χ3v) is 3.98. The fourth-order valence-electron chi connectivity index (χ4n) is 2.93. The van der Waals surface area contributed by atoms with Gasteiger partial charge in [-0.2, -0.15) is 0 Å². The first-order chi connectivity index (χ1) is 10.0. The fraction of sp³-hybridized carbons (Fsp3) is 0.625. The van der Waals surface area contributed by atoms with Gasteiger partial charge in [0.25, 0.3) is 0 Å². The van der Waals surface area contributed by atoms with Crippen molar-refractivity contribution in [2.75, 3.05) is 18.0 Å². The number of morpholine rings is 1. The molecule has 0 radical (unpaired) electrons. The highest BCUT2D eigenvalue weighted by Gasteiger charge is 2.27. The van der Waals surface area contributed by atoms with Gasteiger partial charge in [-0.15, -0.1) is 0 Å². The zero-order chi connectivity index (χ0) is 15.0. The molecule has 3 nitrogen and oxygen atoms in total. The van der Waals surface area contributed by atoms with Crippen molar-refractivity contribution in [3.05, 3.63) is 29.3 Å². The third kappa shape index (κ3) is 3.52. The van der Waals surface area contributed by atoms with E-state index < -0.39 is 11.6 Å². The Bertz CT molecular complexity index is 486. The standard InChI is InChI=1S/C16H22F2N2O/c1-10-8-20(9-11(2)21-10)16-14(17)5-12(6-15(16)18)7-19-13-3-4-13/h5-6,10-11,13,19H,3-4,7-9H2,1-2H3/t10-,11+. The van der Waals surface area contributed by atoms with E-state index >= 15 is 0 Å². The van der Waals surface area contributed by atoms with Crippen molar-refractivity contribution < 1.29 is 13.5 Å². The highest BCUT2D eigenvalue weighted by atomic mass is 19.1. The summed E-state index contributed by atoms with van der Waals surface area (Å²) in [4.78, 5) is 1.75. The molecular weight excluding hydrogens is 274 g/mol. The van der Waals surface area contributed by atoms with Crippen LogP contribution in [0.3, 0.4) is 0 Å². The minimum atomic E-state index is -0.483. The summed E-state index contributed by atoms with van der Waals surface area (Å²) in [5.41, 5.74) is 0.738. The Morgan fingerprint density at radius 1 is 1.14 bits per heavy atom. The highest BCUT2D eigenvalue weighted by molar-refractivity contribution is 5.51. The SMILES string of the molecule is C[C@@H]1CN(c2c(F)cc(CNC3CC3)cc2F)C[C@H](C)O1. The van der Waals surface area contributed by atoms with Crippen LogP contribution in [0.15, 0.2) is 12.1 Å². The number of nitrogens with zero attached hydrogens (tertiary/aromatic N) is 1. The predicted molar refractivity (Wildman–Crippen MR) is 78.4 cm³/mol. The molecule has 1 aromatic carbocycles.